The predicted molar refractivity (Wildman–Crippen MR) is 137 cm³/mol. The van der Waals surface area contributed by atoms with Gasteiger partial charge in [-0.3, -0.25) is 0 Å². The van der Waals surface area contributed by atoms with E-state index in [0.717, 1.165) is 34.0 Å². The molecule has 4 rings (SSSR count). The lowest BCUT2D eigenvalue weighted by molar-refractivity contribution is 0.213. The largest absolute Gasteiger partial charge is 0.467 e. The standard InChI is InChI=1S/C27H23Br2N3O/c1-2-7-25(32-15-14-31-19-32)24-16-20(18-30)12-13-26(24)33-27(29,21-8-4-3-5-9-21)22-10-6-11-23(28)17-22/h3-6,8-17,19,25H,2,7H2,1H3. The van der Waals surface area contributed by atoms with Crippen molar-refractivity contribution in [2.24, 2.45) is 0 Å². The number of alkyl halides is 1. The summed E-state index contributed by atoms with van der Waals surface area (Å²) in [5, 5.41) is 9.59. The van der Waals surface area contributed by atoms with Gasteiger partial charge in [-0.05, 0) is 52.7 Å². The molecule has 3 aromatic carbocycles. The van der Waals surface area contributed by atoms with Crippen molar-refractivity contribution >= 4 is 31.9 Å². The highest BCUT2D eigenvalue weighted by atomic mass is 79.9. The number of halogens is 2. The molecule has 6 heteroatoms. The van der Waals surface area contributed by atoms with Gasteiger partial charge >= 0.3 is 0 Å². The van der Waals surface area contributed by atoms with Crippen LogP contribution in [0.1, 0.15) is 48.1 Å². The number of benzene rings is 3. The number of ether oxygens (including phenoxy) is 1. The Bertz CT molecular complexity index is 1250. The maximum absolute atomic E-state index is 9.59. The zero-order valence-corrected chi connectivity index (χ0v) is 21.3. The van der Waals surface area contributed by atoms with E-state index < -0.39 is 4.51 Å². The first-order valence-corrected chi connectivity index (χ1v) is 12.3. The van der Waals surface area contributed by atoms with E-state index in [1.165, 1.54) is 0 Å². The summed E-state index contributed by atoms with van der Waals surface area (Å²) in [7, 11) is 0. The van der Waals surface area contributed by atoms with E-state index in [2.05, 4.69) is 54.4 Å². The Balaban J connectivity index is 1.87. The van der Waals surface area contributed by atoms with Crippen LogP contribution in [0.3, 0.4) is 0 Å². The highest BCUT2D eigenvalue weighted by Gasteiger charge is 2.35. The van der Waals surface area contributed by atoms with E-state index >= 15 is 0 Å². The zero-order chi connectivity index (χ0) is 23.3. The highest BCUT2D eigenvalue weighted by Crippen LogP contribution is 2.44. The molecular formula is C27H23Br2N3O. The fraction of sp³-hybridized carbons (Fsp3) is 0.185. The Morgan fingerprint density at radius 3 is 2.52 bits per heavy atom. The molecule has 2 unspecified atom stereocenters. The number of imidazole rings is 1. The van der Waals surface area contributed by atoms with Crippen LogP contribution in [0.2, 0.25) is 0 Å². The van der Waals surface area contributed by atoms with Gasteiger partial charge in [0.2, 0.25) is 4.51 Å². The minimum atomic E-state index is -0.924. The van der Waals surface area contributed by atoms with Crippen LogP contribution in [-0.2, 0) is 4.51 Å². The molecule has 2 atom stereocenters. The van der Waals surface area contributed by atoms with Crippen molar-refractivity contribution in [2.75, 3.05) is 0 Å². The third-order valence-electron chi connectivity index (χ3n) is 5.54. The molecule has 33 heavy (non-hydrogen) atoms. The minimum absolute atomic E-state index is 0.00386. The fourth-order valence-corrected chi connectivity index (χ4v) is 5.03. The number of nitrogens with zero attached hydrogens (tertiary/aromatic N) is 3. The molecule has 166 valence electrons. The molecule has 0 fully saturated rings. The Kier molecular flexibility index (Phi) is 7.32. The molecule has 0 spiro atoms. The molecule has 0 aliphatic carbocycles. The summed E-state index contributed by atoms with van der Waals surface area (Å²) >= 11 is 7.55. The normalized spacial score (nSPS) is 13.6. The summed E-state index contributed by atoms with van der Waals surface area (Å²) in [5.74, 6) is 0.710. The summed E-state index contributed by atoms with van der Waals surface area (Å²) in [6.07, 6.45) is 7.41. The molecule has 1 heterocycles. The molecule has 0 aliphatic heterocycles. The minimum Gasteiger partial charge on any atom is -0.467 e. The molecule has 0 aliphatic rings. The first-order chi connectivity index (χ1) is 16.0. The molecule has 0 saturated heterocycles. The van der Waals surface area contributed by atoms with Crippen LogP contribution in [0, 0.1) is 11.3 Å². The molecule has 4 nitrogen and oxygen atoms in total. The number of hydrogen-bond donors (Lipinski definition) is 0. The first-order valence-electron chi connectivity index (χ1n) is 10.8. The lowest BCUT2D eigenvalue weighted by Gasteiger charge is -2.32. The number of hydrogen-bond acceptors (Lipinski definition) is 3. The summed E-state index contributed by atoms with van der Waals surface area (Å²) in [6.45, 7) is 2.15. The second-order valence-electron chi connectivity index (χ2n) is 7.75. The van der Waals surface area contributed by atoms with Crippen molar-refractivity contribution in [3.8, 4) is 11.8 Å². The zero-order valence-electron chi connectivity index (χ0n) is 18.2. The van der Waals surface area contributed by atoms with E-state index in [9.17, 15) is 5.26 Å². The van der Waals surface area contributed by atoms with Crippen molar-refractivity contribution in [3.63, 3.8) is 0 Å². The lowest BCUT2D eigenvalue weighted by Crippen LogP contribution is -2.28. The lowest BCUT2D eigenvalue weighted by atomic mass is 9.97. The summed E-state index contributed by atoms with van der Waals surface area (Å²) in [4.78, 5) is 4.25. The van der Waals surface area contributed by atoms with Crippen LogP contribution in [0.4, 0.5) is 0 Å². The molecule has 4 aromatic rings. The molecule has 0 N–H and O–H groups in total. The van der Waals surface area contributed by atoms with Crippen LogP contribution in [0.25, 0.3) is 0 Å². The van der Waals surface area contributed by atoms with Gasteiger partial charge in [0.1, 0.15) is 5.75 Å². The van der Waals surface area contributed by atoms with Crippen LogP contribution >= 0.6 is 31.9 Å². The van der Waals surface area contributed by atoms with Crippen LogP contribution in [0.15, 0.2) is 96.0 Å². The number of rotatable bonds is 8. The maximum atomic E-state index is 9.59. The highest BCUT2D eigenvalue weighted by molar-refractivity contribution is 9.10. The topological polar surface area (TPSA) is 50.8 Å². The average molecular weight is 565 g/mol. The van der Waals surface area contributed by atoms with Crippen molar-refractivity contribution < 1.29 is 4.74 Å². The predicted octanol–water partition coefficient (Wildman–Crippen LogP) is 7.58. The van der Waals surface area contributed by atoms with Crippen molar-refractivity contribution in [1.82, 2.24) is 9.55 Å². The van der Waals surface area contributed by atoms with Gasteiger partial charge in [-0.2, -0.15) is 5.26 Å². The average Bonchev–Trinajstić information content (AvgIpc) is 3.38. The van der Waals surface area contributed by atoms with Crippen molar-refractivity contribution in [1.29, 1.82) is 5.26 Å². The monoisotopic (exact) mass is 563 g/mol. The van der Waals surface area contributed by atoms with E-state index in [0.29, 0.717) is 11.3 Å². The quantitative estimate of drug-likeness (QED) is 0.207. The summed E-state index contributed by atoms with van der Waals surface area (Å²) in [5.41, 5.74) is 3.46. The van der Waals surface area contributed by atoms with E-state index in [1.54, 1.807) is 12.3 Å². The maximum Gasteiger partial charge on any atom is 0.214 e. The first kappa shape index (κ1) is 23.3. The SMILES string of the molecule is CCCC(c1cc(C#N)ccc1OC(Br)(c1ccccc1)c1cccc(Br)c1)n1ccnc1. The van der Waals surface area contributed by atoms with Crippen LogP contribution < -0.4 is 4.74 Å². The van der Waals surface area contributed by atoms with E-state index in [-0.39, 0.29) is 6.04 Å². The molecule has 1 aromatic heterocycles. The third-order valence-corrected chi connectivity index (χ3v) is 7.11. The molecule has 0 amide bonds. The smallest absolute Gasteiger partial charge is 0.214 e. The molecule has 0 radical (unpaired) electrons. The molecular weight excluding hydrogens is 542 g/mol. The summed E-state index contributed by atoms with van der Waals surface area (Å²) < 4.78 is 8.95. The number of nitriles is 1. The van der Waals surface area contributed by atoms with E-state index in [1.807, 2.05) is 79.3 Å². The van der Waals surface area contributed by atoms with Gasteiger partial charge in [0.25, 0.3) is 0 Å². The second-order valence-corrected chi connectivity index (χ2v) is 9.78. The van der Waals surface area contributed by atoms with Gasteiger partial charge in [0.05, 0.1) is 24.0 Å². The van der Waals surface area contributed by atoms with E-state index in [4.69, 9.17) is 4.74 Å². The number of aromatic nitrogens is 2. The Labute approximate surface area is 211 Å². The van der Waals surface area contributed by atoms with Gasteiger partial charge in [0, 0.05) is 33.6 Å². The fourth-order valence-electron chi connectivity index (χ4n) is 3.94. The van der Waals surface area contributed by atoms with Gasteiger partial charge in [-0.15, -0.1) is 0 Å². The Morgan fingerprint density at radius 2 is 1.85 bits per heavy atom. The molecule has 0 saturated carbocycles. The van der Waals surface area contributed by atoms with Crippen LogP contribution in [0.5, 0.6) is 5.75 Å². The van der Waals surface area contributed by atoms with Gasteiger partial charge in [-0.25, -0.2) is 4.98 Å². The third kappa shape index (κ3) is 5.05. The van der Waals surface area contributed by atoms with Crippen LogP contribution in [-0.4, -0.2) is 9.55 Å². The van der Waals surface area contributed by atoms with Gasteiger partial charge in [-0.1, -0.05) is 71.7 Å². The Morgan fingerprint density at radius 1 is 1.06 bits per heavy atom. The van der Waals surface area contributed by atoms with Gasteiger partial charge in [0.15, 0.2) is 0 Å². The van der Waals surface area contributed by atoms with Gasteiger partial charge < -0.3 is 9.30 Å². The Hall–Kier alpha value is -2.88. The van der Waals surface area contributed by atoms with Crippen molar-refractivity contribution in [2.45, 2.75) is 30.3 Å². The molecule has 0 bridgehead atoms. The summed E-state index contributed by atoms with van der Waals surface area (Å²) in [6, 6.07) is 26.0. The van der Waals surface area contributed by atoms with Crippen molar-refractivity contribution in [3.05, 3.63) is 118 Å². The second kappa shape index (κ2) is 10.4.